The predicted molar refractivity (Wildman–Crippen MR) is 119 cm³/mol. The van der Waals surface area contributed by atoms with Crippen LogP contribution in [-0.4, -0.2) is 44.6 Å². The maximum absolute atomic E-state index is 13.0. The number of nitrogen functional groups attached to an aromatic ring is 1. The van der Waals surface area contributed by atoms with Gasteiger partial charge in [-0.3, -0.25) is 0 Å². The molecule has 0 radical (unpaired) electrons. The van der Waals surface area contributed by atoms with E-state index in [0.29, 0.717) is 5.95 Å². The molecule has 1 fully saturated rings. The molecule has 1 aliphatic rings. The molecular weight excluding hydrogens is 398 g/mol. The van der Waals surface area contributed by atoms with Crippen molar-refractivity contribution in [1.29, 1.82) is 0 Å². The first-order valence-corrected chi connectivity index (χ1v) is 11.5. The molecule has 3 aromatic rings. The average Bonchev–Trinajstić information content (AvgIpc) is 2.79. The number of hydrogen-bond acceptors (Lipinski definition) is 7. The van der Waals surface area contributed by atoms with Gasteiger partial charge in [-0.1, -0.05) is 37.3 Å². The molecule has 7 nitrogen and oxygen atoms in total. The van der Waals surface area contributed by atoms with Crippen LogP contribution in [0, 0.1) is 0 Å². The largest absolute Gasteiger partial charge is 0.382 e. The minimum absolute atomic E-state index is 0.0231. The lowest BCUT2D eigenvalue weighted by Crippen LogP contribution is -2.47. The molecule has 0 spiro atoms. The number of anilines is 3. The average molecular weight is 424 g/mol. The molecule has 2 aromatic carbocycles. The molecule has 156 valence electrons. The number of hydrogen-bond donors (Lipinski definition) is 1. The van der Waals surface area contributed by atoms with Crippen molar-refractivity contribution >= 4 is 27.3 Å². The van der Waals surface area contributed by atoms with Crippen molar-refractivity contribution < 1.29 is 8.42 Å². The highest BCUT2D eigenvalue weighted by Crippen LogP contribution is 2.26. The summed E-state index contributed by atoms with van der Waals surface area (Å²) in [5, 5.41) is 0. The summed E-state index contributed by atoms with van der Waals surface area (Å²) in [6, 6.07) is 17.1. The van der Waals surface area contributed by atoms with Gasteiger partial charge in [0, 0.05) is 31.9 Å². The Morgan fingerprint density at radius 2 is 1.57 bits per heavy atom. The molecule has 0 amide bonds. The Bertz CT molecular complexity index is 1110. The van der Waals surface area contributed by atoms with Crippen LogP contribution < -0.4 is 15.5 Å². The third-order valence-corrected chi connectivity index (χ3v) is 7.17. The fraction of sp³-hybridized carbons (Fsp3) is 0.273. The van der Waals surface area contributed by atoms with E-state index in [1.807, 2.05) is 42.2 Å². The fourth-order valence-electron chi connectivity index (χ4n) is 3.57. The maximum atomic E-state index is 13.0. The van der Waals surface area contributed by atoms with E-state index in [0.717, 1.165) is 38.2 Å². The predicted octanol–water partition coefficient (Wildman–Crippen LogP) is 2.78. The van der Waals surface area contributed by atoms with Crippen molar-refractivity contribution in [3.05, 3.63) is 66.4 Å². The Morgan fingerprint density at radius 3 is 2.17 bits per heavy atom. The van der Waals surface area contributed by atoms with E-state index in [1.54, 1.807) is 12.1 Å². The minimum Gasteiger partial charge on any atom is -0.382 e. The van der Waals surface area contributed by atoms with Gasteiger partial charge < -0.3 is 15.5 Å². The zero-order valence-electron chi connectivity index (χ0n) is 16.9. The summed E-state index contributed by atoms with van der Waals surface area (Å²) < 4.78 is 25.9. The van der Waals surface area contributed by atoms with Crippen LogP contribution in [0.15, 0.2) is 70.6 Å². The lowest BCUT2D eigenvalue weighted by atomic mass is 10.2. The third-order valence-electron chi connectivity index (χ3n) is 5.39. The Labute approximate surface area is 177 Å². The molecule has 0 unspecified atom stereocenters. The van der Waals surface area contributed by atoms with Gasteiger partial charge in [0.05, 0.1) is 11.1 Å². The lowest BCUT2D eigenvalue weighted by Gasteiger charge is -2.36. The van der Waals surface area contributed by atoms with Gasteiger partial charge in [0.15, 0.2) is 0 Å². The second-order valence-electron chi connectivity index (χ2n) is 7.23. The van der Waals surface area contributed by atoms with Gasteiger partial charge in [0.25, 0.3) is 0 Å². The van der Waals surface area contributed by atoms with Crippen LogP contribution in [0.25, 0.3) is 0 Å². The molecule has 1 saturated heterocycles. The zero-order chi connectivity index (χ0) is 21.1. The number of sulfone groups is 1. The van der Waals surface area contributed by atoms with Crippen molar-refractivity contribution in [2.75, 3.05) is 41.7 Å². The van der Waals surface area contributed by atoms with E-state index in [1.165, 1.54) is 11.9 Å². The molecule has 0 aliphatic carbocycles. The summed E-state index contributed by atoms with van der Waals surface area (Å²) >= 11 is 0. The number of aromatic nitrogens is 2. The van der Waals surface area contributed by atoms with Crippen molar-refractivity contribution in [3.8, 4) is 0 Å². The highest BCUT2D eigenvalue weighted by atomic mass is 32.2. The fourth-order valence-corrected chi connectivity index (χ4v) is 4.83. The van der Waals surface area contributed by atoms with Gasteiger partial charge in [0.1, 0.15) is 10.7 Å². The zero-order valence-corrected chi connectivity index (χ0v) is 17.7. The van der Waals surface area contributed by atoms with Crippen LogP contribution in [-0.2, 0) is 16.3 Å². The first kappa shape index (κ1) is 20.2. The van der Waals surface area contributed by atoms with Crippen molar-refractivity contribution in [1.82, 2.24) is 9.97 Å². The highest BCUT2D eigenvalue weighted by Gasteiger charge is 2.25. The Balaban J connectivity index is 1.51. The quantitative estimate of drug-likeness (QED) is 0.674. The van der Waals surface area contributed by atoms with Gasteiger partial charge in [-0.15, -0.1) is 0 Å². The van der Waals surface area contributed by atoms with E-state index in [-0.39, 0.29) is 15.6 Å². The van der Waals surface area contributed by atoms with E-state index < -0.39 is 9.84 Å². The van der Waals surface area contributed by atoms with Gasteiger partial charge in [-0.05, 0) is 36.2 Å². The number of piperazine rings is 1. The number of para-hydroxylation sites is 1. The summed E-state index contributed by atoms with van der Waals surface area (Å²) in [6.45, 7) is 5.15. The smallest absolute Gasteiger partial charge is 0.227 e. The van der Waals surface area contributed by atoms with E-state index >= 15 is 0 Å². The first-order valence-electron chi connectivity index (χ1n) is 10.0. The van der Waals surface area contributed by atoms with Crippen LogP contribution in [0.3, 0.4) is 0 Å². The Hall–Kier alpha value is -3.13. The Kier molecular flexibility index (Phi) is 5.59. The van der Waals surface area contributed by atoms with E-state index in [9.17, 15) is 8.42 Å². The van der Waals surface area contributed by atoms with Gasteiger partial charge in [-0.25, -0.2) is 13.4 Å². The Morgan fingerprint density at radius 1 is 0.933 bits per heavy atom. The molecule has 0 atom stereocenters. The van der Waals surface area contributed by atoms with Crippen LogP contribution in [0.4, 0.5) is 17.5 Å². The first-order chi connectivity index (χ1) is 14.5. The summed E-state index contributed by atoms with van der Waals surface area (Å²) in [5.74, 6) is 0.436. The van der Waals surface area contributed by atoms with E-state index in [4.69, 9.17) is 5.73 Å². The molecule has 8 heteroatoms. The number of rotatable bonds is 5. The van der Waals surface area contributed by atoms with Crippen molar-refractivity contribution in [2.24, 2.45) is 0 Å². The summed E-state index contributed by atoms with van der Waals surface area (Å²) in [4.78, 5) is 13.1. The molecule has 1 aliphatic heterocycles. The molecule has 2 N–H and O–H groups in total. The lowest BCUT2D eigenvalue weighted by molar-refractivity contribution is 0.595. The molecule has 1 aromatic heterocycles. The second kappa shape index (κ2) is 8.31. The number of nitrogens with zero attached hydrogens (tertiary/aromatic N) is 4. The minimum atomic E-state index is -3.76. The summed E-state index contributed by atoms with van der Waals surface area (Å²) in [7, 11) is -3.76. The highest BCUT2D eigenvalue weighted by molar-refractivity contribution is 7.91. The van der Waals surface area contributed by atoms with Crippen LogP contribution in [0.1, 0.15) is 12.5 Å². The molecule has 4 rings (SSSR count). The summed E-state index contributed by atoms with van der Waals surface area (Å²) in [6.07, 6.45) is 2.17. The molecule has 0 bridgehead atoms. The van der Waals surface area contributed by atoms with Gasteiger partial charge in [-0.2, -0.15) is 4.98 Å². The standard InChI is InChI=1S/C22H25N5O2S/c1-2-17-8-10-19(11-9-17)30(28,29)20-16-24-22(25-21(20)23)27-14-12-26(13-15-27)18-6-4-3-5-7-18/h3-11,16H,2,12-15H2,1H3,(H2,23,24,25). The van der Waals surface area contributed by atoms with Gasteiger partial charge in [0.2, 0.25) is 15.8 Å². The van der Waals surface area contributed by atoms with Crippen molar-refractivity contribution in [3.63, 3.8) is 0 Å². The third kappa shape index (κ3) is 3.95. The van der Waals surface area contributed by atoms with E-state index in [2.05, 4.69) is 27.0 Å². The number of aryl methyl sites for hydroxylation is 1. The monoisotopic (exact) mass is 423 g/mol. The van der Waals surface area contributed by atoms with Gasteiger partial charge >= 0.3 is 0 Å². The maximum Gasteiger partial charge on any atom is 0.227 e. The SMILES string of the molecule is CCc1ccc(S(=O)(=O)c2cnc(N3CCN(c4ccccc4)CC3)nc2N)cc1. The van der Waals surface area contributed by atoms with Crippen LogP contribution >= 0.6 is 0 Å². The van der Waals surface area contributed by atoms with Crippen molar-refractivity contribution in [2.45, 2.75) is 23.1 Å². The number of nitrogens with two attached hydrogens (primary N) is 1. The second-order valence-corrected chi connectivity index (χ2v) is 9.15. The number of benzene rings is 2. The topological polar surface area (TPSA) is 92.4 Å². The van der Waals surface area contributed by atoms with Crippen LogP contribution in [0.2, 0.25) is 0 Å². The molecular formula is C22H25N5O2S. The molecule has 2 heterocycles. The van der Waals surface area contributed by atoms with Crippen LogP contribution in [0.5, 0.6) is 0 Å². The summed E-state index contributed by atoms with van der Waals surface area (Å²) in [5.41, 5.74) is 8.32. The molecule has 30 heavy (non-hydrogen) atoms. The molecule has 0 saturated carbocycles. The normalized spacial score (nSPS) is 14.7.